The highest BCUT2D eigenvalue weighted by molar-refractivity contribution is 6.04. The summed E-state index contributed by atoms with van der Waals surface area (Å²) < 4.78 is 11.3. The van der Waals surface area contributed by atoms with Crippen molar-refractivity contribution in [3.63, 3.8) is 0 Å². The Morgan fingerprint density at radius 1 is 1.33 bits per heavy atom. The van der Waals surface area contributed by atoms with Crippen LogP contribution in [0.25, 0.3) is 10.9 Å². The monoisotopic (exact) mass is 288 g/mol. The molecule has 112 valence electrons. The zero-order chi connectivity index (χ0) is 15.0. The van der Waals surface area contributed by atoms with E-state index < -0.39 is 0 Å². The molecule has 0 saturated carbocycles. The molecule has 1 aromatic carbocycles. The Morgan fingerprint density at radius 3 is 2.76 bits per heavy atom. The van der Waals surface area contributed by atoms with E-state index in [0.29, 0.717) is 11.3 Å². The Bertz CT molecular complexity index is 655. The zero-order valence-corrected chi connectivity index (χ0v) is 12.3. The van der Waals surface area contributed by atoms with E-state index in [1.165, 1.54) is 0 Å². The van der Waals surface area contributed by atoms with E-state index in [-0.39, 0.29) is 24.3 Å². The van der Waals surface area contributed by atoms with Gasteiger partial charge >= 0.3 is 5.97 Å². The van der Waals surface area contributed by atoms with Gasteiger partial charge in [0.1, 0.15) is 6.10 Å². The van der Waals surface area contributed by atoms with Gasteiger partial charge in [-0.05, 0) is 32.0 Å². The fourth-order valence-electron chi connectivity index (χ4n) is 2.97. The van der Waals surface area contributed by atoms with Crippen LogP contribution in [-0.4, -0.2) is 29.3 Å². The molecule has 0 radical (unpaired) electrons. The number of nitrogen functional groups attached to an aromatic ring is 1. The van der Waals surface area contributed by atoms with Gasteiger partial charge in [-0.15, -0.1) is 0 Å². The lowest BCUT2D eigenvalue weighted by molar-refractivity contribution is -0.0854. The van der Waals surface area contributed by atoms with Gasteiger partial charge in [0, 0.05) is 35.6 Å². The fourth-order valence-corrected chi connectivity index (χ4v) is 2.97. The van der Waals surface area contributed by atoms with E-state index in [4.69, 9.17) is 15.2 Å². The second-order valence-corrected chi connectivity index (χ2v) is 5.76. The molecule has 2 aromatic rings. The first-order chi connectivity index (χ1) is 10.0. The van der Waals surface area contributed by atoms with E-state index >= 15 is 0 Å². The third-order valence-electron chi connectivity index (χ3n) is 3.85. The van der Waals surface area contributed by atoms with Crippen LogP contribution in [0.15, 0.2) is 24.4 Å². The molecule has 0 spiro atoms. The maximum Gasteiger partial charge on any atom is 0.340 e. The van der Waals surface area contributed by atoms with Crippen molar-refractivity contribution in [2.24, 2.45) is 0 Å². The van der Waals surface area contributed by atoms with E-state index in [0.717, 1.165) is 23.7 Å². The summed E-state index contributed by atoms with van der Waals surface area (Å²) in [5, 5.41) is 0.836. The van der Waals surface area contributed by atoms with Gasteiger partial charge < -0.3 is 20.2 Å². The van der Waals surface area contributed by atoms with Gasteiger partial charge in [0.05, 0.1) is 17.8 Å². The number of carbonyl (C=O) groups excluding carboxylic acids is 1. The molecular formula is C16H20N2O3. The van der Waals surface area contributed by atoms with E-state index in [2.05, 4.69) is 4.98 Å². The predicted octanol–water partition coefficient (Wildman–Crippen LogP) is 2.86. The fraction of sp³-hybridized carbons (Fsp3) is 0.438. The Kier molecular flexibility index (Phi) is 3.59. The van der Waals surface area contributed by atoms with Crippen LogP contribution >= 0.6 is 0 Å². The van der Waals surface area contributed by atoms with Gasteiger partial charge in [-0.3, -0.25) is 0 Å². The smallest absolute Gasteiger partial charge is 0.340 e. The van der Waals surface area contributed by atoms with Gasteiger partial charge in [0.2, 0.25) is 0 Å². The molecule has 2 unspecified atom stereocenters. The first-order valence-corrected chi connectivity index (χ1v) is 7.26. The average molecular weight is 288 g/mol. The molecule has 2 atom stereocenters. The van der Waals surface area contributed by atoms with Crippen LogP contribution in [0.1, 0.15) is 37.0 Å². The zero-order valence-electron chi connectivity index (χ0n) is 12.3. The largest absolute Gasteiger partial charge is 0.459 e. The summed E-state index contributed by atoms with van der Waals surface area (Å²) in [5.41, 5.74) is 7.80. The number of nitrogens with two attached hydrogens (primary N) is 1. The van der Waals surface area contributed by atoms with Crippen LogP contribution < -0.4 is 5.73 Å². The Balaban J connectivity index is 1.78. The highest BCUT2D eigenvalue weighted by atomic mass is 16.6. The third kappa shape index (κ3) is 2.88. The van der Waals surface area contributed by atoms with Crippen LogP contribution in [0.5, 0.6) is 0 Å². The molecule has 1 aliphatic rings. The minimum absolute atomic E-state index is 0.0880. The summed E-state index contributed by atoms with van der Waals surface area (Å²) in [5.74, 6) is -0.294. The summed E-state index contributed by atoms with van der Waals surface area (Å²) >= 11 is 0. The highest BCUT2D eigenvalue weighted by Crippen LogP contribution is 2.25. The number of hydrogen-bond donors (Lipinski definition) is 2. The van der Waals surface area contributed by atoms with Crippen LogP contribution in [0.2, 0.25) is 0 Å². The number of ether oxygens (including phenoxy) is 2. The molecule has 1 saturated heterocycles. The number of fused-ring (bicyclic) bond motifs is 1. The van der Waals surface area contributed by atoms with Gasteiger partial charge in [-0.1, -0.05) is 0 Å². The maximum absolute atomic E-state index is 12.4. The second-order valence-electron chi connectivity index (χ2n) is 5.76. The van der Waals surface area contributed by atoms with E-state index in [1.54, 1.807) is 12.3 Å². The van der Waals surface area contributed by atoms with Crippen molar-refractivity contribution in [2.75, 3.05) is 5.73 Å². The number of H-pyrrole nitrogens is 1. The lowest BCUT2D eigenvalue weighted by Gasteiger charge is -2.31. The normalized spacial score (nSPS) is 25.9. The molecule has 1 fully saturated rings. The average Bonchev–Trinajstić information content (AvgIpc) is 2.80. The quantitative estimate of drug-likeness (QED) is 0.658. The molecule has 0 bridgehead atoms. The minimum Gasteiger partial charge on any atom is -0.459 e. The first-order valence-electron chi connectivity index (χ1n) is 7.26. The number of rotatable bonds is 2. The van der Waals surface area contributed by atoms with Crippen molar-refractivity contribution in [2.45, 2.75) is 45.0 Å². The van der Waals surface area contributed by atoms with Crippen LogP contribution in [0, 0.1) is 0 Å². The number of benzene rings is 1. The molecule has 0 aliphatic carbocycles. The topological polar surface area (TPSA) is 77.3 Å². The number of aromatic nitrogens is 1. The maximum atomic E-state index is 12.4. The van der Waals surface area contributed by atoms with E-state index in [1.807, 2.05) is 26.0 Å². The molecular weight excluding hydrogens is 268 g/mol. The number of carbonyl (C=O) groups is 1. The Labute approximate surface area is 123 Å². The summed E-state index contributed by atoms with van der Waals surface area (Å²) in [7, 11) is 0. The molecule has 21 heavy (non-hydrogen) atoms. The second kappa shape index (κ2) is 5.41. The predicted molar refractivity (Wildman–Crippen MR) is 81.2 cm³/mol. The van der Waals surface area contributed by atoms with Gasteiger partial charge in [-0.2, -0.15) is 0 Å². The van der Waals surface area contributed by atoms with Crippen LogP contribution in [0.3, 0.4) is 0 Å². The molecule has 5 heteroatoms. The van der Waals surface area contributed by atoms with Crippen molar-refractivity contribution in [1.82, 2.24) is 4.98 Å². The summed E-state index contributed by atoms with van der Waals surface area (Å²) in [6.45, 7) is 4.01. The van der Waals surface area contributed by atoms with Crippen molar-refractivity contribution in [1.29, 1.82) is 0 Å². The Morgan fingerprint density at radius 2 is 2.05 bits per heavy atom. The van der Waals surface area contributed by atoms with Gasteiger partial charge in [0.25, 0.3) is 0 Å². The van der Waals surface area contributed by atoms with Crippen molar-refractivity contribution in [3.05, 3.63) is 30.0 Å². The van der Waals surface area contributed by atoms with Gasteiger partial charge in [0.15, 0.2) is 0 Å². The summed E-state index contributed by atoms with van der Waals surface area (Å²) in [6.07, 6.45) is 3.31. The third-order valence-corrected chi connectivity index (χ3v) is 3.85. The van der Waals surface area contributed by atoms with Crippen molar-refractivity contribution < 1.29 is 14.3 Å². The van der Waals surface area contributed by atoms with Crippen molar-refractivity contribution in [3.8, 4) is 0 Å². The van der Waals surface area contributed by atoms with Crippen molar-refractivity contribution >= 4 is 22.6 Å². The van der Waals surface area contributed by atoms with Crippen LogP contribution in [0.4, 0.5) is 5.69 Å². The number of hydrogen-bond acceptors (Lipinski definition) is 4. The summed E-state index contributed by atoms with van der Waals surface area (Å²) in [4.78, 5) is 15.4. The molecule has 1 aliphatic heterocycles. The van der Waals surface area contributed by atoms with Crippen LogP contribution in [-0.2, 0) is 9.47 Å². The standard InChI is InChI=1S/C16H20N2O3/c1-9-5-12(6-10(2)20-9)21-16(19)14-8-18-15-7-11(17)3-4-13(14)15/h3-4,7-10,12,18H,5-6,17H2,1-2H3. The lowest BCUT2D eigenvalue weighted by Crippen LogP contribution is -2.35. The summed E-state index contributed by atoms with van der Waals surface area (Å²) in [6, 6.07) is 5.43. The number of nitrogens with one attached hydrogen (secondary N) is 1. The van der Waals surface area contributed by atoms with Gasteiger partial charge in [-0.25, -0.2) is 4.79 Å². The Hall–Kier alpha value is -2.01. The molecule has 3 rings (SSSR count). The van der Waals surface area contributed by atoms with E-state index in [9.17, 15) is 4.79 Å². The number of anilines is 1. The highest BCUT2D eigenvalue weighted by Gasteiger charge is 2.28. The molecule has 5 nitrogen and oxygen atoms in total. The SMILES string of the molecule is CC1CC(OC(=O)c2c[nH]c3cc(N)ccc23)CC(C)O1. The number of esters is 1. The minimum atomic E-state index is -0.294. The lowest BCUT2D eigenvalue weighted by atomic mass is 10.0. The molecule has 3 N–H and O–H groups in total. The molecule has 1 aromatic heterocycles. The number of aromatic amines is 1. The first kappa shape index (κ1) is 13.9. The molecule has 0 amide bonds. The molecule has 2 heterocycles.